The molecule has 2 aromatic rings. The van der Waals surface area contributed by atoms with E-state index in [1.165, 1.54) is 6.07 Å². The quantitative estimate of drug-likeness (QED) is 0.904. The summed E-state index contributed by atoms with van der Waals surface area (Å²) in [7, 11) is 0. The van der Waals surface area contributed by atoms with Crippen molar-refractivity contribution in [2.75, 3.05) is 0 Å². The molecular weight excluding hydrogens is 279 g/mol. The van der Waals surface area contributed by atoms with Gasteiger partial charge >= 0.3 is 0 Å². The molecule has 0 aliphatic rings. The van der Waals surface area contributed by atoms with E-state index in [0.29, 0.717) is 13.0 Å². The van der Waals surface area contributed by atoms with Gasteiger partial charge in [0.2, 0.25) is 0 Å². The molecule has 0 bridgehead atoms. The van der Waals surface area contributed by atoms with Crippen LogP contribution in [-0.4, -0.2) is 11.2 Å². The second kappa shape index (κ2) is 6.73. The van der Waals surface area contributed by atoms with Crippen molar-refractivity contribution in [1.29, 1.82) is 0 Å². The van der Waals surface area contributed by atoms with Gasteiger partial charge in [-0.2, -0.15) is 0 Å². The number of aliphatic hydroxyl groups excluding tert-OH is 1. The van der Waals surface area contributed by atoms with Gasteiger partial charge in [0.15, 0.2) is 0 Å². The standard InChI is InChI=1S/C16H16ClFO2/c1-11(19)8-12-2-5-14(6-3-12)20-10-13-4-7-16(18)15(17)9-13/h2-7,9,11,19H,8,10H2,1H3. The zero-order chi connectivity index (χ0) is 14.5. The monoisotopic (exact) mass is 294 g/mol. The van der Waals surface area contributed by atoms with E-state index in [-0.39, 0.29) is 11.1 Å². The van der Waals surface area contributed by atoms with Crippen LogP contribution in [0.2, 0.25) is 5.02 Å². The molecule has 0 saturated carbocycles. The first-order valence-corrected chi connectivity index (χ1v) is 6.76. The number of ether oxygens (including phenoxy) is 1. The first-order valence-electron chi connectivity index (χ1n) is 6.38. The van der Waals surface area contributed by atoms with Crippen LogP contribution in [0.25, 0.3) is 0 Å². The first-order chi connectivity index (χ1) is 9.54. The van der Waals surface area contributed by atoms with Gasteiger partial charge in [-0.15, -0.1) is 0 Å². The Labute approximate surface area is 122 Å². The van der Waals surface area contributed by atoms with Crippen LogP contribution in [0.15, 0.2) is 42.5 Å². The van der Waals surface area contributed by atoms with Crippen LogP contribution < -0.4 is 4.74 Å². The number of benzene rings is 2. The van der Waals surface area contributed by atoms with Crippen molar-refractivity contribution in [2.45, 2.75) is 26.1 Å². The van der Waals surface area contributed by atoms with E-state index < -0.39 is 5.82 Å². The predicted molar refractivity (Wildman–Crippen MR) is 77.6 cm³/mol. The van der Waals surface area contributed by atoms with Crippen molar-refractivity contribution in [3.63, 3.8) is 0 Å². The Balaban J connectivity index is 1.95. The Morgan fingerprint density at radius 1 is 1.15 bits per heavy atom. The number of rotatable bonds is 5. The number of aliphatic hydroxyl groups is 1. The lowest BCUT2D eigenvalue weighted by molar-refractivity contribution is 0.195. The van der Waals surface area contributed by atoms with Crippen molar-refractivity contribution < 1.29 is 14.2 Å². The second-order valence-electron chi connectivity index (χ2n) is 4.73. The molecule has 1 unspecified atom stereocenters. The van der Waals surface area contributed by atoms with Gasteiger partial charge in [-0.25, -0.2) is 4.39 Å². The highest BCUT2D eigenvalue weighted by atomic mass is 35.5. The summed E-state index contributed by atoms with van der Waals surface area (Å²) < 4.78 is 18.6. The maximum absolute atomic E-state index is 13.0. The van der Waals surface area contributed by atoms with E-state index in [0.717, 1.165) is 16.9 Å². The zero-order valence-electron chi connectivity index (χ0n) is 11.1. The van der Waals surface area contributed by atoms with E-state index in [1.54, 1.807) is 19.1 Å². The number of hydrogen-bond acceptors (Lipinski definition) is 2. The van der Waals surface area contributed by atoms with Crippen molar-refractivity contribution in [1.82, 2.24) is 0 Å². The summed E-state index contributed by atoms with van der Waals surface area (Å²) in [6.07, 6.45) is 0.261. The molecule has 0 aliphatic carbocycles. The molecule has 20 heavy (non-hydrogen) atoms. The average Bonchev–Trinajstić information content (AvgIpc) is 2.41. The molecule has 0 aromatic heterocycles. The Morgan fingerprint density at radius 2 is 1.80 bits per heavy atom. The highest BCUT2D eigenvalue weighted by Gasteiger charge is 2.03. The second-order valence-corrected chi connectivity index (χ2v) is 5.14. The van der Waals surface area contributed by atoms with E-state index in [1.807, 2.05) is 24.3 Å². The fraction of sp³-hybridized carbons (Fsp3) is 0.250. The minimum absolute atomic E-state index is 0.0957. The lowest BCUT2D eigenvalue weighted by Crippen LogP contribution is -2.04. The molecule has 0 heterocycles. The molecular formula is C16H16ClFO2. The molecule has 2 rings (SSSR count). The van der Waals surface area contributed by atoms with Crippen molar-refractivity contribution in [3.8, 4) is 5.75 Å². The van der Waals surface area contributed by atoms with Crippen molar-refractivity contribution >= 4 is 11.6 Å². The average molecular weight is 295 g/mol. The SMILES string of the molecule is CC(O)Cc1ccc(OCc2ccc(F)c(Cl)c2)cc1. The Hall–Kier alpha value is -1.58. The zero-order valence-corrected chi connectivity index (χ0v) is 11.9. The minimum atomic E-state index is -0.433. The topological polar surface area (TPSA) is 29.5 Å². The lowest BCUT2D eigenvalue weighted by atomic mass is 10.1. The van der Waals surface area contributed by atoms with Crippen LogP contribution in [0.5, 0.6) is 5.75 Å². The van der Waals surface area contributed by atoms with Crippen LogP contribution in [0, 0.1) is 5.82 Å². The third kappa shape index (κ3) is 4.22. The summed E-state index contributed by atoms with van der Waals surface area (Å²) in [4.78, 5) is 0. The normalized spacial score (nSPS) is 12.2. The van der Waals surface area contributed by atoms with Gasteiger partial charge in [0, 0.05) is 0 Å². The summed E-state index contributed by atoms with van der Waals surface area (Å²) >= 11 is 5.71. The van der Waals surface area contributed by atoms with E-state index in [2.05, 4.69) is 0 Å². The van der Waals surface area contributed by atoms with E-state index in [4.69, 9.17) is 16.3 Å². The Morgan fingerprint density at radius 3 is 2.40 bits per heavy atom. The summed E-state index contributed by atoms with van der Waals surface area (Å²) in [5.74, 6) is 0.290. The Bertz CT molecular complexity index is 567. The molecule has 0 radical (unpaired) electrons. The van der Waals surface area contributed by atoms with Crippen LogP contribution >= 0.6 is 11.6 Å². The van der Waals surface area contributed by atoms with E-state index >= 15 is 0 Å². The van der Waals surface area contributed by atoms with Gasteiger partial charge < -0.3 is 9.84 Å². The Kier molecular flexibility index (Phi) is 4.99. The molecule has 0 saturated heterocycles. The fourth-order valence-electron chi connectivity index (χ4n) is 1.86. The molecule has 106 valence electrons. The van der Waals surface area contributed by atoms with Gasteiger partial charge in [0.05, 0.1) is 11.1 Å². The van der Waals surface area contributed by atoms with Crippen molar-refractivity contribution in [2.24, 2.45) is 0 Å². The number of hydrogen-bond donors (Lipinski definition) is 1. The summed E-state index contributed by atoms with van der Waals surface area (Å²) in [5, 5.41) is 9.40. The fourth-order valence-corrected chi connectivity index (χ4v) is 2.06. The molecule has 0 aliphatic heterocycles. The molecule has 0 spiro atoms. The first kappa shape index (κ1) is 14.8. The molecule has 2 nitrogen and oxygen atoms in total. The summed E-state index contributed by atoms with van der Waals surface area (Å²) in [6, 6.07) is 12.1. The van der Waals surface area contributed by atoms with Gasteiger partial charge in [0.1, 0.15) is 18.2 Å². The van der Waals surface area contributed by atoms with Crippen LogP contribution in [0.1, 0.15) is 18.1 Å². The maximum atomic E-state index is 13.0. The highest BCUT2D eigenvalue weighted by molar-refractivity contribution is 6.30. The third-order valence-electron chi connectivity index (χ3n) is 2.84. The molecule has 2 aromatic carbocycles. The minimum Gasteiger partial charge on any atom is -0.489 e. The van der Waals surface area contributed by atoms with Gasteiger partial charge in [-0.3, -0.25) is 0 Å². The molecule has 0 fully saturated rings. The summed E-state index contributed by atoms with van der Waals surface area (Å²) in [6.45, 7) is 2.08. The molecule has 1 N–H and O–H groups in total. The van der Waals surface area contributed by atoms with Crippen LogP contribution in [-0.2, 0) is 13.0 Å². The molecule has 4 heteroatoms. The maximum Gasteiger partial charge on any atom is 0.141 e. The summed E-state index contributed by atoms with van der Waals surface area (Å²) in [5.41, 5.74) is 1.86. The predicted octanol–water partition coefficient (Wildman–Crippen LogP) is 3.98. The van der Waals surface area contributed by atoms with Crippen LogP contribution in [0.4, 0.5) is 4.39 Å². The van der Waals surface area contributed by atoms with Gasteiger partial charge in [-0.05, 0) is 48.7 Å². The number of halogens is 2. The highest BCUT2D eigenvalue weighted by Crippen LogP contribution is 2.19. The molecule has 0 amide bonds. The molecule has 1 atom stereocenters. The van der Waals surface area contributed by atoms with E-state index in [9.17, 15) is 9.50 Å². The largest absolute Gasteiger partial charge is 0.489 e. The third-order valence-corrected chi connectivity index (χ3v) is 3.13. The van der Waals surface area contributed by atoms with Crippen molar-refractivity contribution in [3.05, 3.63) is 64.4 Å². The van der Waals surface area contributed by atoms with Gasteiger partial charge in [0.25, 0.3) is 0 Å². The lowest BCUT2D eigenvalue weighted by Gasteiger charge is -2.09. The van der Waals surface area contributed by atoms with Gasteiger partial charge in [-0.1, -0.05) is 29.8 Å². The van der Waals surface area contributed by atoms with Crippen LogP contribution in [0.3, 0.4) is 0 Å². The smallest absolute Gasteiger partial charge is 0.141 e.